The monoisotopic (exact) mass is 407 g/mol. The molecule has 2 aliphatic rings. The molecule has 2 N–H and O–H groups in total. The Kier molecular flexibility index (Phi) is 6.95. The average Bonchev–Trinajstić information content (AvgIpc) is 3.33. The van der Waals surface area contributed by atoms with Gasteiger partial charge in [0, 0.05) is 18.8 Å². The summed E-state index contributed by atoms with van der Waals surface area (Å²) in [5.74, 6) is 0.916. The number of rotatable bonds is 7. The smallest absolute Gasteiger partial charge is 0.270 e. The molecule has 4 rings (SSSR count). The van der Waals surface area contributed by atoms with E-state index in [0.29, 0.717) is 17.6 Å². The number of carbonyl (C=O) groups is 1. The molecule has 1 aromatic carbocycles. The third kappa shape index (κ3) is 5.36. The van der Waals surface area contributed by atoms with Crippen LogP contribution < -0.4 is 10.6 Å². The molecule has 0 radical (unpaired) electrons. The quantitative estimate of drug-likeness (QED) is 0.725. The van der Waals surface area contributed by atoms with Gasteiger partial charge in [-0.25, -0.2) is 9.97 Å². The second kappa shape index (κ2) is 10.0. The van der Waals surface area contributed by atoms with Crippen molar-refractivity contribution in [3.8, 4) is 0 Å². The van der Waals surface area contributed by atoms with Crippen LogP contribution in [0.15, 0.2) is 42.6 Å². The zero-order valence-corrected chi connectivity index (χ0v) is 17.9. The normalized spacial score (nSPS) is 19.5. The minimum Gasteiger partial charge on any atom is -0.350 e. The van der Waals surface area contributed by atoms with Crippen LogP contribution in [0.25, 0.3) is 0 Å². The first-order chi connectivity index (χ1) is 14.7. The molecule has 1 saturated carbocycles. The highest BCUT2D eigenvalue weighted by atomic mass is 16.1. The topological polar surface area (TPSA) is 70.2 Å². The zero-order chi connectivity index (χ0) is 20.8. The van der Waals surface area contributed by atoms with E-state index in [9.17, 15) is 4.79 Å². The van der Waals surface area contributed by atoms with Crippen LogP contribution in [-0.2, 0) is 0 Å². The van der Waals surface area contributed by atoms with Crippen molar-refractivity contribution in [2.75, 3.05) is 25.0 Å². The van der Waals surface area contributed by atoms with E-state index in [1.165, 1.54) is 51.6 Å². The lowest BCUT2D eigenvalue weighted by molar-refractivity contribution is 0.0920. The fourth-order valence-electron chi connectivity index (χ4n) is 4.69. The first-order valence-corrected chi connectivity index (χ1v) is 11.4. The standard InChI is InChI=1S/C24H33N5O/c1-18(20-7-3-2-4-8-20)27-24-25-14-11-22(28-24)23(30)26-17-19-12-15-29(16-13-19)21-9-5-6-10-21/h2-4,7-8,11,14,18-19,21H,5-6,9-10,12-13,15-17H2,1H3,(H,26,30)(H,25,27,28)/t18-/m0/s1. The molecule has 2 aromatic rings. The van der Waals surface area contributed by atoms with Gasteiger partial charge in [0.1, 0.15) is 5.69 Å². The Morgan fingerprint density at radius 1 is 1.10 bits per heavy atom. The second-order valence-corrected chi connectivity index (χ2v) is 8.67. The van der Waals surface area contributed by atoms with Crippen molar-refractivity contribution >= 4 is 11.9 Å². The van der Waals surface area contributed by atoms with E-state index in [1.807, 2.05) is 18.2 Å². The molecule has 2 fully saturated rings. The lowest BCUT2D eigenvalue weighted by Crippen LogP contribution is -2.42. The number of benzene rings is 1. The van der Waals surface area contributed by atoms with Gasteiger partial charge in [0.15, 0.2) is 0 Å². The maximum absolute atomic E-state index is 12.6. The maximum Gasteiger partial charge on any atom is 0.270 e. The third-order valence-corrected chi connectivity index (χ3v) is 6.57. The van der Waals surface area contributed by atoms with Crippen LogP contribution >= 0.6 is 0 Å². The molecule has 6 nitrogen and oxygen atoms in total. The van der Waals surface area contributed by atoms with Crippen LogP contribution in [0.5, 0.6) is 0 Å². The van der Waals surface area contributed by atoms with E-state index in [2.05, 4.69) is 44.6 Å². The van der Waals surface area contributed by atoms with Gasteiger partial charge in [0.05, 0.1) is 6.04 Å². The molecule has 30 heavy (non-hydrogen) atoms. The van der Waals surface area contributed by atoms with Crippen molar-refractivity contribution in [1.82, 2.24) is 20.2 Å². The molecule has 160 valence electrons. The summed E-state index contributed by atoms with van der Waals surface area (Å²) in [7, 11) is 0. The molecule has 1 atom stereocenters. The number of piperidine rings is 1. The van der Waals surface area contributed by atoms with Crippen LogP contribution in [0.4, 0.5) is 5.95 Å². The predicted molar refractivity (Wildman–Crippen MR) is 119 cm³/mol. The molecule has 2 heterocycles. The highest BCUT2D eigenvalue weighted by molar-refractivity contribution is 5.92. The minimum atomic E-state index is -0.119. The molecule has 6 heteroatoms. The lowest BCUT2D eigenvalue weighted by atomic mass is 9.95. The molecule has 0 unspecified atom stereocenters. The van der Waals surface area contributed by atoms with Gasteiger partial charge < -0.3 is 15.5 Å². The van der Waals surface area contributed by atoms with Gasteiger partial charge in [-0.15, -0.1) is 0 Å². The average molecular weight is 408 g/mol. The number of hydrogen-bond donors (Lipinski definition) is 2. The Labute approximate surface area is 179 Å². The number of carbonyl (C=O) groups excluding carboxylic acids is 1. The van der Waals surface area contributed by atoms with Crippen LogP contribution in [0, 0.1) is 5.92 Å². The number of nitrogens with zero attached hydrogens (tertiary/aromatic N) is 3. The van der Waals surface area contributed by atoms with Crippen molar-refractivity contribution in [3.63, 3.8) is 0 Å². The Morgan fingerprint density at radius 3 is 2.57 bits per heavy atom. The minimum absolute atomic E-state index is 0.0644. The summed E-state index contributed by atoms with van der Waals surface area (Å²) >= 11 is 0. The summed E-state index contributed by atoms with van der Waals surface area (Å²) in [5, 5.41) is 6.37. The Morgan fingerprint density at radius 2 is 1.83 bits per heavy atom. The van der Waals surface area contributed by atoms with Crippen LogP contribution in [-0.4, -0.2) is 46.5 Å². The highest BCUT2D eigenvalue weighted by Crippen LogP contribution is 2.27. The molecule has 1 amide bonds. The van der Waals surface area contributed by atoms with E-state index in [-0.39, 0.29) is 11.9 Å². The fourth-order valence-corrected chi connectivity index (χ4v) is 4.69. The summed E-state index contributed by atoms with van der Waals surface area (Å²) in [6.45, 7) is 5.13. The summed E-state index contributed by atoms with van der Waals surface area (Å²) in [6.07, 6.45) is 9.50. The first-order valence-electron chi connectivity index (χ1n) is 11.4. The molecule has 1 aromatic heterocycles. The summed E-state index contributed by atoms with van der Waals surface area (Å²) in [4.78, 5) is 24.0. The van der Waals surface area contributed by atoms with E-state index in [4.69, 9.17) is 0 Å². The first kappa shape index (κ1) is 20.8. The van der Waals surface area contributed by atoms with Crippen molar-refractivity contribution in [1.29, 1.82) is 0 Å². The van der Waals surface area contributed by atoms with Gasteiger partial charge in [-0.2, -0.15) is 0 Å². The molecule has 0 spiro atoms. The molecule has 1 saturated heterocycles. The number of aromatic nitrogens is 2. The van der Waals surface area contributed by atoms with Crippen molar-refractivity contribution in [2.24, 2.45) is 5.92 Å². The summed E-state index contributed by atoms with van der Waals surface area (Å²) in [6, 6.07) is 12.7. The number of amides is 1. The Bertz CT molecular complexity index is 813. The second-order valence-electron chi connectivity index (χ2n) is 8.67. The number of anilines is 1. The molecule has 1 aliphatic heterocycles. The highest BCUT2D eigenvalue weighted by Gasteiger charge is 2.27. The zero-order valence-electron chi connectivity index (χ0n) is 17.9. The third-order valence-electron chi connectivity index (χ3n) is 6.57. The van der Waals surface area contributed by atoms with Crippen molar-refractivity contribution in [2.45, 2.75) is 57.5 Å². The van der Waals surface area contributed by atoms with Gasteiger partial charge in [0.25, 0.3) is 5.91 Å². The Balaban J connectivity index is 1.25. The SMILES string of the molecule is C[C@H](Nc1nccc(C(=O)NCC2CCN(C3CCCC3)CC2)n1)c1ccccc1. The van der Waals surface area contributed by atoms with Crippen molar-refractivity contribution < 1.29 is 4.79 Å². The van der Waals surface area contributed by atoms with Crippen molar-refractivity contribution in [3.05, 3.63) is 53.9 Å². The number of likely N-dealkylation sites (tertiary alicyclic amines) is 1. The van der Waals surface area contributed by atoms with Crippen LogP contribution in [0.3, 0.4) is 0 Å². The fraction of sp³-hybridized carbons (Fsp3) is 0.542. The van der Waals surface area contributed by atoms with Gasteiger partial charge in [-0.1, -0.05) is 43.2 Å². The van der Waals surface area contributed by atoms with Crippen LogP contribution in [0.1, 0.15) is 67.5 Å². The molecular weight excluding hydrogens is 374 g/mol. The van der Waals surface area contributed by atoms with E-state index in [0.717, 1.165) is 18.2 Å². The maximum atomic E-state index is 12.6. The van der Waals surface area contributed by atoms with Gasteiger partial charge in [-0.3, -0.25) is 4.79 Å². The predicted octanol–water partition coefficient (Wildman–Crippen LogP) is 4.03. The summed E-state index contributed by atoms with van der Waals surface area (Å²) in [5.41, 5.74) is 1.57. The summed E-state index contributed by atoms with van der Waals surface area (Å²) < 4.78 is 0. The number of hydrogen-bond acceptors (Lipinski definition) is 5. The van der Waals surface area contributed by atoms with E-state index >= 15 is 0 Å². The van der Waals surface area contributed by atoms with Gasteiger partial charge in [-0.05, 0) is 63.2 Å². The van der Waals surface area contributed by atoms with E-state index in [1.54, 1.807) is 12.3 Å². The van der Waals surface area contributed by atoms with Gasteiger partial charge >= 0.3 is 0 Å². The van der Waals surface area contributed by atoms with Crippen LogP contribution in [0.2, 0.25) is 0 Å². The Hall–Kier alpha value is -2.47. The number of nitrogens with one attached hydrogen (secondary N) is 2. The van der Waals surface area contributed by atoms with E-state index < -0.39 is 0 Å². The molecular formula is C24H33N5O. The molecule has 1 aliphatic carbocycles. The lowest BCUT2D eigenvalue weighted by Gasteiger charge is -2.36. The largest absolute Gasteiger partial charge is 0.350 e. The van der Waals surface area contributed by atoms with Gasteiger partial charge in [0.2, 0.25) is 5.95 Å². The molecule has 0 bridgehead atoms.